The van der Waals surface area contributed by atoms with Crippen molar-refractivity contribution in [3.8, 4) is 33.6 Å². The van der Waals surface area contributed by atoms with Gasteiger partial charge in [0.25, 0.3) is 5.91 Å². The summed E-state index contributed by atoms with van der Waals surface area (Å²) in [5, 5.41) is 3.68. The van der Waals surface area contributed by atoms with Crippen molar-refractivity contribution >= 4 is 28.3 Å². The van der Waals surface area contributed by atoms with Crippen molar-refractivity contribution in [2.45, 2.75) is 20.8 Å². The number of nitrogens with one attached hydrogen (secondary N) is 1. The van der Waals surface area contributed by atoms with Crippen LogP contribution in [0.3, 0.4) is 0 Å². The van der Waals surface area contributed by atoms with Gasteiger partial charge >= 0.3 is 0 Å². The van der Waals surface area contributed by atoms with Crippen molar-refractivity contribution in [1.29, 1.82) is 0 Å². The third-order valence-corrected chi connectivity index (χ3v) is 6.61. The molecule has 39 heavy (non-hydrogen) atoms. The van der Waals surface area contributed by atoms with Crippen molar-refractivity contribution in [1.82, 2.24) is 5.32 Å². The SMILES string of the molecule is CC(=O)c1c(-c2ccc(F)cc2)oc2ccc(-c3ccc(-c4cccc(N)c4)c(C(=O)NCC(C)C)c3)cc12. The molecule has 1 amide bonds. The molecule has 5 nitrogen and oxygen atoms in total. The number of benzene rings is 4. The maximum atomic E-state index is 13.5. The normalized spacial score (nSPS) is 11.2. The van der Waals surface area contributed by atoms with Gasteiger partial charge in [0.15, 0.2) is 5.78 Å². The van der Waals surface area contributed by atoms with E-state index in [0.29, 0.717) is 51.6 Å². The number of rotatable bonds is 7. The maximum Gasteiger partial charge on any atom is 0.251 e. The highest BCUT2D eigenvalue weighted by Gasteiger charge is 2.21. The number of nitrogens with two attached hydrogens (primary N) is 1. The molecule has 1 heterocycles. The summed E-state index contributed by atoms with van der Waals surface area (Å²) in [5.41, 5.74) is 12.1. The third-order valence-electron chi connectivity index (χ3n) is 6.61. The van der Waals surface area contributed by atoms with Crippen molar-refractivity contribution in [3.63, 3.8) is 0 Å². The summed E-state index contributed by atoms with van der Waals surface area (Å²) in [6, 6.07) is 24.7. The lowest BCUT2D eigenvalue weighted by atomic mass is 9.93. The molecule has 0 aliphatic heterocycles. The van der Waals surface area contributed by atoms with E-state index in [4.69, 9.17) is 10.2 Å². The number of hydrogen-bond acceptors (Lipinski definition) is 4. The molecule has 0 aliphatic carbocycles. The van der Waals surface area contributed by atoms with Gasteiger partial charge in [-0.1, -0.05) is 44.2 Å². The Bertz CT molecular complexity index is 1700. The van der Waals surface area contributed by atoms with Crippen LogP contribution in [0.5, 0.6) is 0 Å². The predicted molar refractivity (Wildman–Crippen MR) is 154 cm³/mol. The molecule has 5 aromatic rings. The van der Waals surface area contributed by atoms with E-state index in [1.165, 1.54) is 19.1 Å². The van der Waals surface area contributed by atoms with E-state index in [1.807, 2.05) is 74.5 Å². The number of carbonyl (C=O) groups excluding carboxylic acids is 2. The fraction of sp³-hybridized carbons (Fsp3) is 0.152. The Kier molecular flexibility index (Phi) is 7.03. The van der Waals surface area contributed by atoms with Gasteiger partial charge in [0.05, 0.1) is 5.56 Å². The number of carbonyl (C=O) groups is 2. The lowest BCUT2D eigenvalue weighted by Gasteiger charge is -2.14. The van der Waals surface area contributed by atoms with Gasteiger partial charge in [-0.2, -0.15) is 0 Å². The number of ketones is 1. The van der Waals surface area contributed by atoms with Gasteiger partial charge in [0.1, 0.15) is 17.2 Å². The Hall–Kier alpha value is -4.71. The van der Waals surface area contributed by atoms with Gasteiger partial charge in [-0.3, -0.25) is 9.59 Å². The molecule has 4 aromatic carbocycles. The number of nitrogen functional groups attached to an aromatic ring is 1. The lowest BCUT2D eigenvalue weighted by molar-refractivity contribution is 0.0948. The van der Waals surface area contributed by atoms with E-state index in [0.717, 1.165) is 22.3 Å². The monoisotopic (exact) mass is 520 g/mol. The quantitative estimate of drug-likeness (QED) is 0.170. The molecule has 0 saturated carbocycles. The van der Waals surface area contributed by atoms with Crippen LogP contribution in [0.4, 0.5) is 10.1 Å². The van der Waals surface area contributed by atoms with Crippen molar-refractivity contribution in [3.05, 3.63) is 102 Å². The average molecular weight is 521 g/mol. The van der Waals surface area contributed by atoms with Crippen LogP contribution >= 0.6 is 0 Å². The van der Waals surface area contributed by atoms with Crippen LogP contribution in [0, 0.1) is 11.7 Å². The molecule has 0 unspecified atom stereocenters. The molecule has 6 heteroatoms. The predicted octanol–water partition coefficient (Wildman–Crippen LogP) is 7.74. The summed E-state index contributed by atoms with van der Waals surface area (Å²) < 4.78 is 19.6. The molecule has 0 spiro atoms. The van der Waals surface area contributed by atoms with Crippen molar-refractivity contribution in [2.24, 2.45) is 5.92 Å². The number of Topliss-reactive ketones (excluding diaryl/α,β-unsaturated/α-hetero) is 1. The summed E-state index contributed by atoms with van der Waals surface area (Å²) in [7, 11) is 0. The Labute approximate surface area is 226 Å². The van der Waals surface area contributed by atoms with Crippen LogP contribution < -0.4 is 11.1 Å². The standard InChI is InChI=1S/C33H29FN2O3/c1-19(2)18-36-33(38)28-16-22(9-13-27(28)24-5-4-6-26(35)15-24)23-10-14-30-29(17-23)31(20(3)37)32(39-30)21-7-11-25(34)12-8-21/h4-17,19H,18,35H2,1-3H3,(H,36,38). The van der Waals surface area contributed by atoms with Crippen LogP contribution in [0.15, 0.2) is 89.3 Å². The number of fused-ring (bicyclic) bond motifs is 1. The molecule has 0 radical (unpaired) electrons. The summed E-state index contributed by atoms with van der Waals surface area (Å²) in [5.74, 6) is 0.0138. The zero-order chi connectivity index (χ0) is 27.7. The minimum atomic E-state index is -0.364. The molecule has 0 atom stereocenters. The highest BCUT2D eigenvalue weighted by atomic mass is 19.1. The molecule has 0 fully saturated rings. The molecular formula is C33H29FN2O3. The molecule has 5 rings (SSSR count). The second-order valence-electron chi connectivity index (χ2n) is 10.1. The van der Waals surface area contributed by atoms with Crippen LogP contribution in [-0.2, 0) is 0 Å². The molecule has 3 N–H and O–H groups in total. The van der Waals surface area contributed by atoms with Crippen LogP contribution in [0.2, 0.25) is 0 Å². The Morgan fingerprint density at radius 1 is 0.872 bits per heavy atom. The van der Waals surface area contributed by atoms with Gasteiger partial charge in [0.2, 0.25) is 0 Å². The third kappa shape index (κ3) is 5.32. The zero-order valence-electron chi connectivity index (χ0n) is 22.0. The van der Waals surface area contributed by atoms with E-state index in [1.54, 1.807) is 12.1 Å². The fourth-order valence-corrected chi connectivity index (χ4v) is 4.69. The van der Waals surface area contributed by atoms with Crippen LogP contribution in [0.25, 0.3) is 44.5 Å². The lowest BCUT2D eigenvalue weighted by Crippen LogP contribution is -2.27. The molecular weight excluding hydrogens is 491 g/mol. The van der Waals surface area contributed by atoms with Crippen molar-refractivity contribution in [2.75, 3.05) is 12.3 Å². The van der Waals surface area contributed by atoms with Gasteiger partial charge < -0.3 is 15.5 Å². The number of halogens is 1. The Morgan fingerprint density at radius 2 is 1.56 bits per heavy atom. The average Bonchev–Trinajstić information content (AvgIpc) is 3.31. The number of amides is 1. The first-order valence-electron chi connectivity index (χ1n) is 12.8. The summed E-state index contributed by atoms with van der Waals surface area (Å²) in [6.45, 7) is 6.13. The van der Waals surface area contributed by atoms with E-state index in [2.05, 4.69) is 5.32 Å². The largest absolute Gasteiger partial charge is 0.455 e. The number of anilines is 1. The molecule has 0 bridgehead atoms. The molecule has 1 aromatic heterocycles. The minimum absolute atomic E-state index is 0.156. The molecule has 0 aliphatic rings. The molecule has 0 saturated heterocycles. The van der Waals surface area contributed by atoms with E-state index in [9.17, 15) is 14.0 Å². The van der Waals surface area contributed by atoms with E-state index < -0.39 is 0 Å². The highest BCUT2D eigenvalue weighted by molar-refractivity contribution is 6.12. The van der Waals surface area contributed by atoms with Crippen molar-refractivity contribution < 1.29 is 18.4 Å². The Morgan fingerprint density at radius 3 is 2.26 bits per heavy atom. The van der Waals surface area contributed by atoms with Gasteiger partial charge in [0, 0.05) is 28.7 Å². The summed E-state index contributed by atoms with van der Waals surface area (Å²) in [4.78, 5) is 26.1. The van der Waals surface area contributed by atoms with E-state index in [-0.39, 0.29) is 17.5 Å². The first-order chi connectivity index (χ1) is 18.7. The summed E-state index contributed by atoms with van der Waals surface area (Å²) >= 11 is 0. The first-order valence-corrected chi connectivity index (χ1v) is 12.8. The second kappa shape index (κ2) is 10.6. The Balaban J connectivity index is 1.63. The minimum Gasteiger partial charge on any atom is -0.455 e. The summed E-state index contributed by atoms with van der Waals surface area (Å²) in [6.07, 6.45) is 0. The maximum absolute atomic E-state index is 13.5. The molecule has 196 valence electrons. The van der Waals surface area contributed by atoms with Gasteiger partial charge in [-0.25, -0.2) is 4.39 Å². The van der Waals surface area contributed by atoms with Gasteiger partial charge in [-0.05, 0) is 89.7 Å². The fourth-order valence-electron chi connectivity index (χ4n) is 4.69. The van der Waals surface area contributed by atoms with E-state index >= 15 is 0 Å². The zero-order valence-corrected chi connectivity index (χ0v) is 22.0. The number of hydrogen-bond donors (Lipinski definition) is 2. The number of furan rings is 1. The van der Waals surface area contributed by atoms with Crippen LogP contribution in [-0.4, -0.2) is 18.2 Å². The topological polar surface area (TPSA) is 85.3 Å². The highest BCUT2D eigenvalue weighted by Crippen LogP contribution is 2.37. The smallest absolute Gasteiger partial charge is 0.251 e. The van der Waals surface area contributed by atoms with Gasteiger partial charge in [-0.15, -0.1) is 0 Å². The first kappa shape index (κ1) is 25.9. The van der Waals surface area contributed by atoms with Crippen LogP contribution in [0.1, 0.15) is 41.5 Å². The second-order valence-corrected chi connectivity index (χ2v) is 10.1.